The Morgan fingerprint density at radius 2 is 1.89 bits per heavy atom. The van der Waals surface area contributed by atoms with Gasteiger partial charge in [-0.15, -0.1) is 0 Å². The van der Waals surface area contributed by atoms with E-state index in [2.05, 4.69) is 4.98 Å². The highest BCUT2D eigenvalue weighted by Gasteiger charge is 2.29. The molecule has 1 aliphatic rings. The van der Waals surface area contributed by atoms with Crippen molar-refractivity contribution in [3.05, 3.63) is 69.7 Å². The lowest BCUT2D eigenvalue weighted by atomic mass is 9.91. The van der Waals surface area contributed by atoms with Gasteiger partial charge in [0, 0.05) is 40.3 Å². The Morgan fingerprint density at radius 1 is 1.11 bits per heavy atom. The molecule has 0 spiro atoms. The number of aryl methyl sites for hydroxylation is 5. The van der Waals surface area contributed by atoms with Crippen molar-refractivity contribution >= 4 is 0 Å². The molecule has 2 nitrogen and oxygen atoms in total. The second-order valence-corrected chi connectivity index (χ2v) is 7.99. The molecule has 0 bridgehead atoms. The van der Waals surface area contributed by atoms with E-state index in [1.165, 1.54) is 6.20 Å². The quantitative estimate of drug-likeness (QED) is 0.425. The number of aromatic nitrogens is 2. The number of pyridine rings is 2. The van der Waals surface area contributed by atoms with Gasteiger partial charge in [-0.3, -0.25) is 4.98 Å². The van der Waals surface area contributed by atoms with E-state index >= 15 is 0 Å². The average Bonchev–Trinajstić information content (AvgIpc) is 3.09. The monoisotopic (exact) mass is 379 g/mol. The normalized spacial score (nSPS) is 18.1. The minimum absolute atomic E-state index is 0.0112. The van der Waals surface area contributed by atoms with Crippen LogP contribution in [0.2, 0.25) is 0 Å². The van der Waals surface area contributed by atoms with Gasteiger partial charge in [-0.2, -0.15) is 0 Å². The summed E-state index contributed by atoms with van der Waals surface area (Å²) in [6, 6.07) is 7.15. The van der Waals surface area contributed by atoms with Gasteiger partial charge in [0.2, 0.25) is 5.69 Å². The fourth-order valence-electron chi connectivity index (χ4n) is 4.20. The molecule has 0 saturated heterocycles. The third-order valence-electron chi connectivity index (χ3n) is 5.33. The van der Waals surface area contributed by atoms with Gasteiger partial charge in [-0.25, -0.2) is 4.57 Å². The third-order valence-corrected chi connectivity index (χ3v) is 5.33. The van der Waals surface area contributed by atoms with Crippen molar-refractivity contribution in [1.29, 1.82) is 0 Å². The number of fused-ring (bicyclic) bond motifs is 3. The van der Waals surface area contributed by atoms with Crippen LogP contribution in [-0.2, 0) is 19.8 Å². The van der Waals surface area contributed by atoms with Crippen LogP contribution in [0.3, 0.4) is 0 Å². The standard InChI is InChI=1S/C26H31N2/c1-15(2)10-20-12-24(28(7)14-18(20)5)26-16(3)8-9-21-22(26)13-23-25(21)17(4)11-19(6)27-23/h8-9,11-12,14-15H,10,13H2,1-7H3/q+1/i4D3,5D3,10D2. The summed E-state index contributed by atoms with van der Waals surface area (Å²) in [5, 5.41) is 0. The Labute approximate surface area is 180 Å². The summed E-state index contributed by atoms with van der Waals surface area (Å²) in [6.07, 6.45) is 0.0869. The first-order valence-corrected chi connectivity index (χ1v) is 9.63. The molecule has 0 aliphatic heterocycles. The molecule has 0 fully saturated rings. The number of nitrogens with zero attached hydrogens (tertiary/aromatic N) is 2. The van der Waals surface area contributed by atoms with Crippen LogP contribution >= 0.6 is 0 Å². The molecule has 1 aliphatic carbocycles. The summed E-state index contributed by atoms with van der Waals surface area (Å²) >= 11 is 0. The largest absolute Gasteiger partial charge is 0.257 e. The maximum atomic E-state index is 8.74. The number of hydrogen-bond acceptors (Lipinski definition) is 1. The Balaban J connectivity index is 2.04. The molecule has 0 unspecified atom stereocenters. The Bertz CT molecular complexity index is 1370. The van der Waals surface area contributed by atoms with Crippen molar-refractivity contribution < 1.29 is 15.5 Å². The molecule has 1 aromatic carbocycles. The van der Waals surface area contributed by atoms with Crippen molar-refractivity contribution in [2.75, 3.05) is 0 Å². The summed E-state index contributed by atoms with van der Waals surface area (Å²) < 4.78 is 67.7. The molecule has 0 radical (unpaired) electrons. The second-order valence-electron chi connectivity index (χ2n) is 7.99. The van der Waals surface area contributed by atoms with Crippen LogP contribution in [0.4, 0.5) is 0 Å². The predicted molar refractivity (Wildman–Crippen MR) is 117 cm³/mol. The molecule has 2 aromatic heterocycles. The van der Waals surface area contributed by atoms with Gasteiger partial charge >= 0.3 is 0 Å². The minimum atomic E-state index is -2.48. The highest BCUT2D eigenvalue weighted by molar-refractivity contribution is 5.85. The molecule has 4 rings (SSSR count). The van der Waals surface area contributed by atoms with Crippen LogP contribution < -0.4 is 4.57 Å². The number of hydrogen-bond donors (Lipinski definition) is 0. The molecule has 3 aromatic rings. The average molecular weight is 380 g/mol. The smallest absolute Gasteiger partial charge is 0.213 e. The molecular weight excluding hydrogens is 340 g/mol. The first-order chi connectivity index (χ1) is 16.4. The molecule has 0 amide bonds. The minimum Gasteiger partial charge on any atom is -0.257 e. The summed E-state index contributed by atoms with van der Waals surface area (Å²) in [5.41, 5.74) is 6.58. The van der Waals surface area contributed by atoms with E-state index in [0.717, 1.165) is 22.3 Å². The first kappa shape index (κ1) is 11.5. The SMILES string of the molecule is [2H]C([2H])([2H])c1c[n+](C)c(-c2c(C)ccc3c2Cc2nc(C)cc(C([2H])([2H])[2H])c2-3)cc1C([2H])([2H])C(C)C. The van der Waals surface area contributed by atoms with Crippen molar-refractivity contribution in [2.24, 2.45) is 13.0 Å². The fraction of sp³-hybridized carbons (Fsp3) is 0.385. The lowest BCUT2D eigenvalue weighted by Gasteiger charge is -2.14. The zero-order valence-corrected chi connectivity index (χ0v) is 17.1. The van der Waals surface area contributed by atoms with Gasteiger partial charge < -0.3 is 0 Å². The van der Waals surface area contributed by atoms with Crippen LogP contribution in [0.5, 0.6) is 0 Å². The van der Waals surface area contributed by atoms with Crippen LogP contribution in [0.15, 0.2) is 30.5 Å². The van der Waals surface area contributed by atoms with Gasteiger partial charge in [0.15, 0.2) is 6.20 Å². The summed E-state index contributed by atoms with van der Waals surface area (Å²) in [4.78, 5) is 4.66. The fourth-order valence-corrected chi connectivity index (χ4v) is 4.20. The van der Waals surface area contributed by atoms with Crippen LogP contribution in [0.1, 0.15) is 64.0 Å². The van der Waals surface area contributed by atoms with Gasteiger partial charge in [0.25, 0.3) is 0 Å². The predicted octanol–water partition coefficient (Wildman–Crippen LogP) is 5.58. The second kappa shape index (κ2) is 6.84. The summed E-state index contributed by atoms with van der Waals surface area (Å²) in [6.45, 7) is 2.45. The van der Waals surface area contributed by atoms with E-state index in [4.69, 9.17) is 11.0 Å². The maximum absolute atomic E-state index is 8.74. The van der Waals surface area contributed by atoms with E-state index in [0.29, 0.717) is 29.1 Å². The molecular formula is C26H31N2+. The summed E-state index contributed by atoms with van der Waals surface area (Å²) in [7, 11) is 1.76. The van der Waals surface area contributed by atoms with Gasteiger partial charge in [0.05, 0.1) is 11.3 Å². The van der Waals surface area contributed by atoms with Crippen molar-refractivity contribution in [3.63, 3.8) is 0 Å². The van der Waals surface area contributed by atoms with Crippen molar-refractivity contribution in [1.82, 2.24) is 4.98 Å². The van der Waals surface area contributed by atoms with E-state index in [9.17, 15) is 0 Å². The Kier molecular flexibility index (Phi) is 2.81. The number of benzene rings is 1. The highest BCUT2D eigenvalue weighted by atomic mass is 14.9. The third kappa shape index (κ3) is 3.05. The molecule has 0 N–H and O–H groups in total. The van der Waals surface area contributed by atoms with E-state index in [-0.39, 0.29) is 16.7 Å². The zero-order chi connectivity index (χ0) is 27.0. The van der Waals surface area contributed by atoms with Crippen LogP contribution in [0, 0.1) is 33.5 Å². The van der Waals surface area contributed by atoms with Crippen LogP contribution in [0.25, 0.3) is 22.4 Å². The Morgan fingerprint density at radius 3 is 2.61 bits per heavy atom. The molecule has 0 atom stereocenters. The van der Waals surface area contributed by atoms with E-state index in [1.807, 2.05) is 19.1 Å². The zero-order valence-electron chi connectivity index (χ0n) is 25.1. The van der Waals surface area contributed by atoms with E-state index < -0.39 is 26.0 Å². The molecule has 0 saturated carbocycles. The first-order valence-electron chi connectivity index (χ1n) is 13.6. The molecule has 28 heavy (non-hydrogen) atoms. The molecule has 144 valence electrons. The summed E-state index contributed by atoms with van der Waals surface area (Å²) in [5.74, 6) is -0.444. The Hall–Kier alpha value is -2.48. The highest BCUT2D eigenvalue weighted by Crippen LogP contribution is 2.43. The lowest BCUT2D eigenvalue weighted by molar-refractivity contribution is -0.660. The van der Waals surface area contributed by atoms with Gasteiger partial charge in [-0.05, 0) is 73.7 Å². The molecule has 2 heterocycles. The molecule has 2 heteroatoms. The van der Waals surface area contributed by atoms with Gasteiger partial charge in [-0.1, -0.05) is 26.0 Å². The van der Waals surface area contributed by atoms with Crippen LogP contribution in [-0.4, -0.2) is 4.98 Å². The topological polar surface area (TPSA) is 16.8 Å². The van der Waals surface area contributed by atoms with Crippen molar-refractivity contribution in [3.8, 4) is 22.4 Å². The maximum Gasteiger partial charge on any atom is 0.213 e. The van der Waals surface area contributed by atoms with E-state index in [1.54, 1.807) is 44.5 Å². The lowest BCUT2D eigenvalue weighted by Crippen LogP contribution is -2.32. The van der Waals surface area contributed by atoms with Gasteiger partial charge in [0.1, 0.15) is 7.05 Å². The van der Waals surface area contributed by atoms with Crippen molar-refractivity contribution in [2.45, 2.75) is 54.2 Å². The number of rotatable bonds is 3.